The molecule has 18 heavy (non-hydrogen) atoms. The van der Waals surface area contributed by atoms with E-state index < -0.39 is 11.9 Å². The number of hydrogen-bond acceptors (Lipinski definition) is 2. The van der Waals surface area contributed by atoms with E-state index in [0.29, 0.717) is 22.1 Å². The highest BCUT2D eigenvalue weighted by Crippen LogP contribution is 2.31. The SMILES string of the molecule is Nc1cc2cc(C(F)(F)F)nn2c2ccccc12. The zero-order chi connectivity index (χ0) is 12.9. The Morgan fingerprint density at radius 2 is 1.83 bits per heavy atom. The van der Waals surface area contributed by atoms with E-state index in [0.717, 1.165) is 6.07 Å². The van der Waals surface area contributed by atoms with Crippen LogP contribution in [0.2, 0.25) is 0 Å². The molecule has 0 radical (unpaired) electrons. The Hall–Kier alpha value is -2.24. The second-order valence-corrected chi connectivity index (χ2v) is 3.98. The summed E-state index contributed by atoms with van der Waals surface area (Å²) in [5.41, 5.74) is 6.23. The summed E-state index contributed by atoms with van der Waals surface area (Å²) in [6.07, 6.45) is -4.46. The van der Waals surface area contributed by atoms with Gasteiger partial charge in [-0.25, -0.2) is 4.52 Å². The Bertz CT molecular complexity index is 743. The van der Waals surface area contributed by atoms with Crippen molar-refractivity contribution < 1.29 is 13.2 Å². The molecule has 0 atom stereocenters. The lowest BCUT2D eigenvalue weighted by Crippen LogP contribution is -2.06. The van der Waals surface area contributed by atoms with Crippen molar-refractivity contribution in [1.82, 2.24) is 9.61 Å². The van der Waals surface area contributed by atoms with Gasteiger partial charge in [-0.15, -0.1) is 0 Å². The summed E-state index contributed by atoms with van der Waals surface area (Å²) in [5, 5.41) is 4.27. The summed E-state index contributed by atoms with van der Waals surface area (Å²) in [5.74, 6) is 0. The van der Waals surface area contributed by atoms with Gasteiger partial charge in [-0.3, -0.25) is 0 Å². The lowest BCUT2D eigenvalue weighted by atomic mass is 10.2. The summed E-state index contributed by atoms with van der Waals surface area (Å²) in [4.78, 5) is 0. The van der Waals surface area contributed by atoms with Crippen LogP contribution < -0.4 is 5.73 Å². The number of nitrogens with zero attached hydrogens (tertiary/aromatic N) is 2. The van der Waals surface area contributed by atoms with Crippen LogP contribution in [0.4, 0.5) is 18.9 Å². The number of nitrogen functional groups attached to an aromatic ring is 1. The molecule has 0 aliphatic rings. The van der Waals surface area contributed by atoms with Crippen LogP contribution in [-0.4, -0.2) is 9.61 Å². The zero-order valence-electron chi connectivity index (χ0n) is 9.07. The predicted molar refractivity (Wildman–Crippen MR) is 62.1 cm³/mol. The third kappa shape index (κ3) is 1.49. The maximum Gasteiger partial charge on any atom is 0.435 e. The van der Waals surface area contributed by atoms with E-state index in [1.807, 2.05) is 0 Å². The van der Waals surface area contributed by atoms with Crippen LogP contribution in [0.15, 0.2) is 36.4 Å². The average molecular weight is 251 g/mol. The molecule has 3 aromatic rings. The second kappa shape index (κ2) is 3.38. The molecule has 92 valence electrons. The van der Waals surface area contributed by atoms with Crippen molar-refractivity contribution in [2.75, 3.05) is 5.73 Å². The van der Waals surface area contributed by atoms with Gasteiger partial charge in [0.25, 0.3) is 0 Å². The minimum absolute atomic E-state index is 0.332. The van der Waals surface area contributed by atoms with Gasteiger partial charge in [-0.1, -0.05) is 18.2 Å². The van der Waals surface area contributed by atoms with E-state index in [4.69, 9.17) is 5.73 Å². The highest BCUT2D eigenvalue weighted by Gasteiger charge is 2.34. The van der Waals surface area contributed by atoms with E-state index in [1.54, 1.807) is 24.3 Å². The highest BCUT2D eigenvalue weighted by molar-refractivity contribution is 5.93. The fourth-order valence-corrected chi connectivity index (χ4v) is 1.97. The Labute approximate surface area is 99.6 Å². The van der Waals surface area contributed by atoms with Crippen molar-refractivity contribution in [3.63, 3.8) is 0 Å². The summed E-state index contributed by atoms with van der Waals surface area (Å²) in [6, 6.07) is 9.42. The number of benzene rings is 1. The van der Waals surface area contributed by atoms with Crippen LogP contribution in [0.1, 0.15) is 5.69 Å². The zero-order valence-corrected chi connectivity index (χ0v) is 9.07. The highest BCUT2D eigenvalue weighted by atomic mass is 19.4. The second-order valence-electron chi connectivity index (χ2n) is 3.98. The molecule has 0 aliphatic carbocycles. The number of hydrogen-bond donors (Lipinski definition) is 1. The van der Waals surface area contributed by atoms with Gasteiger partial charge in [0.05, 0.1) is 11.0 Å². The van der Waals surface area contributed by atoms with Gasteiger partial charge < -0.3 is 5.73 Å². The predicted octanol–water partition coefficient (Wildman–Crippen LogP) is 3.09. The Morgan fingerprint density at radius 1 is 1.11 bits per heavy atom. The molecule has 2 aromatic heterocycles. The van der Waals surface area contributed by atoms with E-state index in [-0.39, 0.29) is 0 Å². The molecular formula is C12H8F3N3. The van der Waals surface area contributed by atoms with Crippen molar-refractivity contribution in [3.05, 3.63) is 42.1 Å². The molecule has 2 heterocycles. The Morgan fingerprint density at radius 3 is 2.56 bits per heavy atom. The fraction of sp³-hybridized carbons (Fsp3) is 0.0833. The molecule has 3 nitrogen and oxygen atoms in total. The van der Waals surface area contributed by atoms with Gasteiger partial charge in [0, 0.05) is 11.1 Å². The molecular weight excluding hydrogens is 243 g/mol. The molecule has 0 amide bonds. The molecule has 0 saturated carbocycles. The lowest BCUT2D eigenvalue weighted by molar-refractivity contribution is -0.141. The minimum Gasteiger partial charge on any atom is -0.398 e. The van der Waals surface area contributed by atoms with Gasteiger partial charge >= 0.3 is 6.18 Å². The third-order valence-electron chi connectivity index (χ3n) is 2.77. The quantitative estimate of drug-likeness (QED) is 0.667. The minimum atomic E-state index is -4.46. The summed E-state index contributed by atoms with van der Waals surface area (Å²) in [7, 11) is 0. The first-order valence-corrected chi connectivity index (χ1v) is 5.21. The third-order valence-corrected chi connectivity index (χ3v) is 2.77. The molecule has 0 aliphatic heterocycles. The molecule has 6 heteroatoms. The smallest absolute Gasteiger partial charge is 0.398 e. The first-order chi connectivity index (χ1) is 8.47. The van der Waals surface area contributed by atoms with Gasteiger partial charge in [-0.05, 0) is 18.2 Å². The largest absolute Gasteiger partial charge is 0.435 e. The Balaban J connectivity index is 2.44. The fourth-order valence-electron chi connectivity index (χ4n) is 1.97. The van der Waals surface area contributed by atoms with Crippen molar-refractivity contribution in [2.45, 2.75) is 6.18 Å². The molecule has 0 bridgehead atoms. The van der Waals surface area contributed by atoms with Gasteiger partial charge in [0.15, 0.2) is 5.69 Å². The van der Waals surface area contributed by atoms with Crippen molar-refractivity contribution >= 4 is 22.1 Å². The average Bonchev–Trinajstić information content (AvgIpc) is 2.73. The Kier molecular flexibility index (Phi) is 2.04. The number of para-hydroxylation sites is 1. The maximum absolute atomic E-state index is 12.6. The summed E-state index contributed by atoms with van der Waals surface area (Å²) < 4.78 is 39.1. The topological polar surface area (TPSA) is 43.3 Å². The first kappa shape index (κ1) is 10.9. The number of pyridine rings is 1. The molecule has 2 N–H and O–H groups in total. The van der Waals surface area contributed by atoms with Crippen LogP contribution >= 0.6 is 0 Å². The van der Waals surface area contributed by atoms with Crippen molar-refractivity contribution in [2.24, 2.45) is 0 Å². The maximum atomic E-state index is 12.6. The summed E-state index contributed by atoms with van der Waals surface area (Å²) >= 11 is 0. The molecule has 0 unspecified atom stereocenters. The van der Waals surface area contributed by atoms with Crippen LogP contribution in [-0.2, 0) is 6.18 Å². The number of fused-ring (bicyclic) bond motifs is 3. The van der Waals surface area contributed by atoms with E-state index in [1.165, 1.54) is 10.6 Å². The van der Waals surface area contributed by atoms with E-state index in [9.17, 15) is 13.2 Å². The molecule has 0 saturated heterocycles. The number of anilines is 1. The number of aromatic nitrogens is 2. The number of alkyl halides is 3. The molecule has 1 aromatic carbocycles. The lowest BCUT2D eigenvalue weighted by Gasteiger charge is -2.04. The van der Waals surface area contributed by atoms with Crippen LogP contribution in [0.5, 0.6) is 0 Å². The van der Waals surface area contributed by atoms with Crippen LogP contribution in [0, 0.1) is 0 Å². The molecule has 0 fully saturated rings. The first-order valence-electron chi connectivity index (χ1n) is 5.21. The van der Waals surface area contributed by atoms with Crippen LogP contribution in [0.25, 0.3) is 16.4 Å². The monoisotopic (exact) mass is 251 g/mol. The van der Waals surface area contributed by atoms with E-state index >= 15 is 0 Å². The van der Waals surface area contributed by atoms with Gasteiger partial charge in [-0.2, -0.15) is 18.3 Å². The number of nitrogens with two attached hydrogens (primary N) is 1. The number of rotatable bonds is 0. The standard InChI is InChI=1S/C12H8F3N3/c13-12(14,15)11-6-7-5-9(16)8-3-1-2-4-10(8)18(7)17-11/h1-6H,16H2. The van der Waals surface area contributed by atoms with E-state index in [2.05, 4.69) is 5.10 Å². The van der Waals surface area contributed by atoms with Gasteiger partial charge in [0.2, 0.25) is 0 Å². The van der Waals surface area contributed by atoms with Crippen molar-refractivity contribution in [1.29, 1.82) is 0 Å². The van der Waals surface area contributed by atoms with Crippen molar-refractivity contribution in [3.8, 4) is 0 Å². The van der Waals surface area contributed by atoms with Crippen LogP contribution in [0.3, 0.4) is 0 Å². The number of halogens is 3. The summed E-state index contributed by atoms with van der Waals surface area (Å²) in [6.45, 7) is 0. The molecule has 3 rings (SSSR count). The van der Waals surface area contributed by atoms with Gasteiger partial charge in [0.1, 0.15) is 0 Å². The normalized spacial score (nSPS) is 12.4. The molecule has 0 spiro atoms.